The van der Waals surface area contributed by atoms with Crippen molar-refractivity contribution in [2.45, 2.75) is 6.92 Å². The topological polar surface area (TPSA) is 49.9 Å². The smallest absolute Gasteiger partial charge is 0.363 e. The number of hydrogen-bond acceptors (Lipinski definition) is 4. The highest BCUT2D eigenvalue weighted by Gasteiger charge is 2.18. The predicted molar refractivity (Wildman–Crippen MR) is 89.5 cm³/mol. The van der Waals surface area contributed by atoms with Gasteiger partial charge < -0.3 is 9.74 Å². The first kappa shape index (κ1) is 16.5. The van der Waals surface area contributed by atoms with Gasteiger partial charge >= 0.3 is 5.97 Å². The molecule has 0 N–H and O–H groups in total. The molecule has 0 spiro atoms. The number of amides is 1. The van der Waals surface area contributed by atoms with Crippen molar-refractivity contribution in [3.63, 3.8) is 0 Å². The van der Waals surface area contributed by atoms with E-state index in [2.05, 4.69) is 0 Å². The Balaban J connectivity index is 2.08. The minimum atomic E-state index is -0.552. The van der Waals surface area contributed by atoms with Crippen molar-refractivity contribution in [3.05, 3.63) is 65.2 Å². The summed E-state index contributed by atoms with van der Waals surface area (Å²) in [4.78, 5) is 31.5. The highest BCUT2D eigenvalue weighted by Crippen LogP contribution is 2.15. The Morgan fingerprint density at radius 1 is 0.913 bits per heavy atom. The van der Waals surface area contributed by atoms with Gasteiger partial charge in [-0.25, -0.2) is 4.79 Å². The van der Waals surface area contributed by atoms with E-state index in [0.29, 0.717) is 11.1 Å². The summed E-state index contributed by atoms with van der Waals surface area (Å²) in [5.74, 6) is -0.930. The maximum atomic E-state index is 12.3. The Morgan fingerprint density at radius 2 is 1.52 bits per heavy atom. The molecule has 0 radical (unpaired) electrons. The summed E-state index contributed by atoms with van der Waals surface area (Å²) < 4.78 is 0. The maximum absolute atomic E-state index is 12.3. The average Bonchev–Trinajstić information content (AvgIpc) is 2.54. The summed E-state index contributed by atoms with van der Waals surface area (Å²) in [6.45, 7) is 1.82. The van der Waals surface area contributed by atoms with Crippen LogP contribution in [0.2, 0.25) is 0 Å². The largest absolute Gasteiger partial charge is 0.378 e. The van der Waals surface area contributed by atoms with Gasteiger partial charge in [0.2, 0.25) is 0 Å². The Morgan fingerprint density at radius 3 is 2.09 bits per heavy atom. The molecule has 120 valence electrons. The molecule has 0 aromatic heterocycles. The summed E-state index contributed by atoms with van der Waals surface area (Å²) in [7, 11) is 5.28. The number of aryl methyl sites for hydroxylation is 1. The molecule has 0 aliphatic carbocycles. The molecular weight excluding hydrogens is 292 g/mol. The Kier molecular flexibility index (Phi) is 5.01. The molecule has 0 bridgehead atoms. The van der Waals surface area contributed by atoms with E-state index >= 15 is 0 Å². The minimum absolute atomic E-state index is 0.378. The molecule has 23 heavy (non-hydrogen) atoms. The van der Waals surface area contributed by atoms with Crippen molar-refractivity contribution in [3.8, 4) is 0 Å². The third-order valence-corrected chi connectivity index (χ3v) is 3.50. The van der Waals surface area contributed by atoms with Gasteiger partial charge in [0.1, 0.15) is 0 Å². The van der Waals surface area contributed by atoms with Crippen molar-refractivity contribution in [1.29, 1.82) is 0 Å². The monoisotopic (exact) mass is 312 g/mol. The zero-order valence-corrected chi connectivity index (χ0v) is 13.7. The van der Waals surface area contributed by atoms with Crippen LogP contribution >= 0.6 is 0 Å². The van der Waals surface area contributed by atoms with E-state index in [-0.39, 0.29) is 5.91 Å². The number of rotatable bonds is 3. The van der Waals surface area contributed by atoms with E-state index in [9.17, 15) is 9.59 Å². The lowest BCUT2D eigenvalue weighted by Crippen LogP contribution is -2.30. The predicted octanol–water partition coefficient (Wildman–Crippen LogP) is 2.91. The van der Waals surface area contributed by atoms with E-state index in [1.54, 1.807) is 24.3 Å². The molecule has 0 saturated heterocycles. The van der Waals surface area contributed by atoms with Gasteiger partial charge in [0, 0.05) is 32.4 Å². The highest BCUT2D eigenvalue weighted by atomic mass is 16.7. The van der Waals surface area contributed by atoms with Gasteiger partial charge in [-0.3, -0.25) is 4.79 Å². The minimum Gasteiger partial charge on any atom is -0.378 e. The molecule has 5 heteroatoms. The second kappa shape index (κ2) is 6.96. The van der Waals surface area contributed by atoms with E-state index in [0.717, 1.165) is 16.3 Å². The lowest BCUT2D eigenvalue weighted by Gasteiger charge is -2.18. The number of anilines is 1. The third-order valence-electron chi connectivity index (χ3n) is 3.50. The van der Waals surface area contributed by atoms with E-state index < -0.39 is 5.97 Å². The number of carbonyl (C=O) groups excluding carboxylic acids is 2. The standard InChI is InChI=1S/C18H20N2O3/c1-13-7-5-6-8-16(13)18(22)23-20(4)17(21)14-9-11-15(12-10-14)19(2)3/h5-12H,1-4H3. The summed E-state index contributed by atoms with van der Waals surface area (Å²) in [5, 5.41) is 0.958. The first-order chi connectivity index (χ1) is 10.9. The van der Waals surface area contributed by atoms with E-state index in [1.165, 1.54) is 7.05 Å². The van der Waals surface area contributed by atoms with Crippen molar-refractivity contribution in [1.82, 2.24) is 5.06 Å². The molecule has 0 atom stereocenters. The van der Waals surface area contributed by atoms with Crippen molar-refractivity contribution >= 4 is 17.6 Å². The van der Waals surface area contributed by atoms with Gasteiger partial charge in [0.15, 0.2) is 0 Å². The van der Waals surface area contributed by atoms with Gasteiger partial charge in [-0.15, -0.1) is 0 Å². The normalized spacial score (nSPS) is 10.1. The number of benzene rings is 2. The van der Waals surface area contributed by atoms with Gasteiger partial charge in [-0.05, 0) is 42.8 Å². The molecule has 5 nitrogen and oxygen atoms in total. The van der Waals surface area contributed by atoms with Crippen LogP contribution in [0, 0.1) is 6.92 Å². The third kappa shape index (κ3) is 3.88. The summed E-state index contributed by atoms with van der Waals surface area (Å²) in [6.07, 6.45) is 0. The second-order valence-corrected chi connectivity index (χ2v) is 5.44. The van der Waals surface area contributed by atoms with E-state index in [4.69, 9.17) is 4.84 Å². The van der Waals surface area contributed by atoms with Crippen molar-refractivity contribution in [2.24, 2.45) is 0 Å². The van der Waals surface area contributed by atoms with Crippen LogP contribution in [-0.4, -0.2) is 38.1 Å². The molecule has 2 rings (SSSR count). The molecule has 0 aliphatic heterocycles. The molecule has 0 heterocycles. The fraction of sp³-hybridized carbons (Fsp3) is 0.222. The zero-order chi connectivity index (χ0) is 17.0. The van der Waals surface area contributed by atoms with Crippen LogP contribution in [0.1, 0.15) is 26.3 Å². The van der Waals surface area contributed by atoms with E-state index in [1.807, 2.05) is 50.2 Å². The Bertz CT molecular complexity index is 708. The lowest BCUT2D eigenvalue weighted by molar-refractivity contribution is -0.0659. The highest BCUT2D eigenvalue weighted by molar-refractivity contribution is 5.96. The van der Waals surface area contributed by atoms with Crippen LogP contribution in [0.4, 0.5) is 5.69 Å². The lowest BCUT2D eigenvalue weighted by atomic mass is 10.1. The molecule has 1 amide bonds. The van der Waals surface area contributed by atoms with Crippen LogP contribution < -0.4 is 4.90 Å². The molecular formula is C18H20N2O3. The fourth-order valence-electron chi connectivity index (χ4n) is 2.10. The molecule has 0 fully saturated rings. The van der Waals surface area contributed by atoms with Gasteiger partial charge in [-0.1, -0.05) is 18.2 Å². The number of nitrogens with zero attached hydrogens (tertiary/aromatic N) is 2. The van der Waals surface area contributed by atoms with Crippen LogP contribution in [0.25, 0.3) is 0 Å². The second-order valence-electron chi connectivity index (χ2n) is 5.44. The number of hydrogen-bond donors (Lipinski definition) is 0. The first-order valence-corrected chi connectivity index (χ1v) is 7.23. The number of hydroxylamine groups is 2. The van der Waals surface area contributed by atoms with Crippen LogP contribution in [0.5, 0.6) is 0 Å². The molecule has 0 unspecified atom stereocenters. The fourth-order valence-corrected chi connectivity index (χ4v) is 2.10. The summed E-state index contributed by atoms with van der Waals surface area (Å²) >= 11 is 0. The van der Waals surface area contributed by atoms with Crippen LogP contribution in [0.3, 0.4) is 0 Å². The molecule has 2 aromatic rings. The Hall–Kier alpha value is -2.82. The van der Waals surface area contributed by atoms with Gasteiger partial charge in [0.05, 0.1) is 5.56 Å². The average molecular weight is 312 g/mol. The van der Waals surface area contributed by atoms with Gasteiger partial charge in [0.25, 0.3) is 5.91 Å². The zero-order valence-electron chi connectivity index (χ0n) is 13.7. The SMILES string of the molecule is Cc1ccccc1C(=O)ON(C)C(=O)c1ccc(N(C)C)cc1. The van der Waals surface area contributed by atoms with Crippen LogP contribution in [-0.2, 0) is 4.84 Å². The summed E-state index contributed by atoms with van der Waals surface area (Å²) in [5.41, 5.74) is 2.68. The quantitative estimate of drug-likeness (QED) is 0.818. The Labute approximate surface area is 136 Å². The first-order valence-electron chi connectivity index (χ1n) is 7.23. The number of carbonyl (C=O) groups is 2. The molecule has 0 saturated carbocycles. The maximum Gasteiger partial charge on any atom is 0.363 e. The summed E-state index contributed by atoms with van der Waals surface area (Å²) in [6, 6.07) is 14.2. The van der Waals surface area contributed by atoms with Gasteiger partial charge in [-0.2, -0.15) is 5.06 Å². The van der Waals surface area contributed by atoms with Crippen LogP contribution in [0.15, 0.2) is 48.5 Å². The molecule has 2 aromatic carbocycles. The molecule has 0 aliphatic rings. The van der Waals surface area contributed by atoms with Crippen molar-refractivity contribution in [2.75, 3.05) is 26.0 Å². The van der Waals surface area contributed by atoms with Crippen molar-refractivity contribution < 1.29 is 14.4 Å².